The van der Waals surface area contributed by atoms with Crippen LogP contribution in [0.3, 0.4) is 0 Å². The van der Waals surface area contributed by atoms with E-state index in [1.165, 1.54) is 18.6 Å². The average Bonchev–Trinajstić information content (AvgIpc) is 2.16. The SMILES string of the molecule is FC(F)C(F)(F)CNc1cnccn1. The van der Waals surface area contributed by atoms with Gasteiger partial charge in [-0.1, -0.05) is 0 Å². The lowest BCUT2D eigenvalue weighted by Crippen LogP contribution is -2.35. The topological polar surface area (TPSA) is 37.8 Å². The van der Waals surface area contributed by atoms with E-state index in [0.717, 1.165) is 0 Å². The van der Waals surface area contributed by atoms with Gasteiger partial charge in [-0.2, -0.15) is 8.78 Å². The number of aromatic nitrogens is 2. The molecule has 0 aromatic carbocycles. The van der Waals surface area contributed by atoms with E-state index in [1.54, 1.807) is 0 Å². The minimum atomic E-state index is -4.06. The lowest BCUT2D eigenvalue weighted by molar-refractivity contribution is -0.117. The van der Waals surface area contributed by atoms with Gasteiger partial charge in [-0.25, -0.2) is 13.8 Å². The number of nitrogens with zero attached hydrogens (tertiary/aromatic N) is 2. The van der Waals surface area contributed by atoms with Crippen molar-refractivity contribution >= 4 is 5.82 Å². The third-order valence-corrected chi connectivity index (χ3v) is 1.39. The van der Waals surface area contributed by atoms with Gasteiger partial charge in [0.2, 0.25) is 0 Å². The van der Waals surface area contributed by atoms with Crippen LogP contribution in [0, 0.1) is 0 Å². The van der Waals surface area contributed by atoms with Crippen molar-refractivity contribution in [2.24, 2.45) is 0 Å². The molecular formula is C7H7F4N3. The normalized spacial score (nSPS) is 11.8. The first-order valence-electron chi connectivity index (χ1n) is 3.68. The lowest BCUT2D eigenvalue weighted by Gasteiger charge is -2.15. The van der Waals surface area contributed by atoms with Crippen molar-refractivity contribution in [1.82, 2.24) is 9.97 Å². The number of hydrogen-bond donors (Lipinski definition) is 1. The predicted molar refractivity (Wildman–Crippen MR) is 41.5 cm³/mol. The van der Waals surface area contributed by atoms with E-state index in [1.807, 2.05) is 0 Å². The van der Waals surface area contributed by atoms with E-state index in [9.17, 15) is 17.6 Å². The largest absolute Gasteiger partial charge is 0.363 e. The highest BCUT2D eigenvalue weighted by Crippen LogP contribution is 2.22. The summed E-state index contributed by atoms with van der Waals surface area (Å²) in [6, 6.07) is 0. The Hall–Kier alpha value is -1.40. The molecule has 0 saturated heterocycles. The Morgan fingerprint density at radius 1 is 1.36 bits per heavy atom. The molecule has 7 heteroatoms. The van der Waals surface area contributed by atoms with Gasteiger partial charge >= 0.3 is 12.3 Å². The molecule has 0 spiro atoms. The number of anilines is 1. The van der Waals surface area contributed by atoms with Crippen LogP contribution in [0.15, 0.2) is 18.6 Å². The summed E-state index contributed by atoms with van der Waals surface area (Å²) < 4.78 is 48.1. The highest BCUT2D eigenvalue weighted by atomic mass is 19.3. The lowest BCUT2D eigenvalue weighted by atomic mass is 10.3. The molecule has 0 bridgehead atoms. The molecule has 0 atom stereocenters. The molecule has 1 rings (SSSR count). The Labute approximate surface area is 77.2 Å². The smallest absolute Gasteiger partial charge is 0.324 e. The zero-order valence-electron chi connectivity index (χ0n) is 6.92. The van der Waals surface area contributed by atoms with Gasteiger partial charge in [0.25, 0.3) is 0 Å². The maximum Gasteiger partial charge on any atom is 0.324 e. The van der Waals surface area contributed by atoms with Gasteiger partial charge in [-0.3, -0.25) is 4.98 Å². The van der Waals surface area contributed by atoms with Gasteiger partial charge in [0.05, 0.1) is 12.7 Å². The van der Waals surface area contributed by atoms with Gasteiger partial charge in [0.15, 0.2) is 0 Å². The third-order valence-electron chi connectivity index (χ3n) is 1.39. The van der Waals surface area contributed by atoms with Gasteiger partial charge in [0, 0.05) is 12.4 Å². The molecule has 1 aromatic rings. The molecule has 78 valence electrons. The van der Waals surface area contributed by atoms with Crippen LogP contribution in [0.1, 0.15) is 0 Å². The number of nitrogens with one attached hydrogen (secondary N) is 1. The number of hydrogen-bond acceptors (Lipinski definition) is 3. The van der Waals surface area contributed by atoms with E-state index in [0.29, 0.717) is 0 Å². The highest BCUT2D eigenvalue weighted by Gasteiger charge is 2.40. The maximum atomic E-state index is 12.4. The molecule has 0 unspecified atom stereocenters. The van der Waals surface area contributed by atoms with Gasteiger partial charge < -0.3 is 5.32 Å². The summed E-state index contributed by atoms with van der Waals surface area (Å²) in [5.41, 5.74) is 0. The molecule has 0 radical (unpaired) electrons. The molecule has 0 saturated carbocycles. The fourth-order valence-electron chi connectivity index (χ4n) is 0.676. The summed E-state index contributed by atoms with van der Waals surface area (Å²) in [6.45, 7) is -1.16. The number of alkyl halides is 4. The van der Waals surface area contributed by atoms with Crippen molar-refractivity contribution in [1.29, 1.82) is 0 Å². The summed E-state index contributed by atoms with van der Waals surface area (Å²) in [5.74, 6) is -4.02. The van der Waals surface area contributed by atoms with Crippen LogP contribution in [-0.4, -0.2) is 28.9 Å². The van der Waals surface area contributed by atoms with Gasteiger partial charge in [-0.05, 0) is 0 Å². The van der Waals surface area contributed by atoms with Crippen LogP contribution in [-0.2, 0) is 0 Å². The van der Waals surface area contributed by atoms with Crippen LogP contribution >= 0.6 is 0 Å². The average molecular weight is 209 g/mol. The monoisotopic (exact) mass is 209 g/mol. The molecule has 1 N–H and O–H groups in total. The molecule has 1 aromatic heterocycles. The maximum absolute atomic E-state index is 12.4. The van der Waals surface area contributed by atoms with Crippen LogP contribution in [0.4, 0.5) is 23.4 Å². The number of halogens is 4. The first-order chi connectivity index (χ1) is 6.52. The summed E-state index contributed by atoms with van der Waals surface area (Å²) in [7, 11) is 0. The van der Waals surface area contributed by atoms with E-state index in [2.05, 4.69) is 15.3 Å². The minimum absolute atomic E-state index is 0.0350. The molecule has 0 amide bonds. The van der Waals surface area contributed by atoms with Crippen LogP contribution in [0.25, 0.3) is 0 Å². The first-order valence-corrected chi connectivity index (χ1v) is 3.68. The molecule has 0 aliphatic rings. The van der Waals surface area contributed by atoms with Crippen LogP contribution in [0.5, 0.6) is 0 Å². The molecular weight excluding hydrogens is 202 g/mol. The van der Waals surface area contributed by atoms with E-state index < -0.39 is 18.9 Å². The molecule has 3 nitrogen and oxygen atoms in total. The fraction of sp³-hybridized carbons (Fsp3) is 0.429. The van der Waals surface area contributed by atoms with Gasteiger partial charge in [-0.15, -0.1) is 0 Å². The molecule has 1 heterocycles. The Bertz CT molecular complexity index is 278. The Balaban J connectivity index is 2.49. The van der Waals surface area contributed by atoms with E-state index >= 15 is 0 Å². The second-order valence-electron chi connectivity index (χ2n) is 2.51. The van der Waals surface area contributed by atoms with E-state index in [-0.39, 0.29) is 5.82 Å². The van der Waals surface area contributed by atoms with Gasteiger partial charge in [0.1, 0.15) is 5.82 Å². The summed E-state index contributed by atoms with van der Waals surface area (Å²) >= 11 is 0. The Morgan fingerprint density at radius 2 is 2.07 bits per heavy atom. The van der Waals surface area contributed by atoms with Crippen molar-refractivity contribution in [2.45, 2.75) is 12.3 Å². The van der Waals surface area contributed by atoms with Crippen molar-refractivity contribution < 1.29 is 17.6 Å². The second-order valence-corrected chi connectivity index (χ2v) is 2.51. The minimum Gasteiger partial charge on any atom is -0.363 e. The van der Waals surface area contributed by atoms with Crippen LogP contribution < -0.4 is 5.32 Å². The third kappa shape index (κ3) is 2.82. The van der Waals surface area contributed by atoms with Crippen molar-refractivity contribution in [2.75, 3.05) is 11.9 Å². The first kappa shape index (κ1) is 10.7. The predicted octanol–water partition coefficient (Wildman–Crippen LogP) is 1.79. The second kappa shape index (κ2) is 4.21. The van der Waals surface area contributed by atoms with Crippen molar-refractivity contribution in [3.8, 4) is 0 Å². The quantitative estimate of drug-likeness (QED) is 0.768. The molecule has 14 heavy (non-hydrogen) atoms. The van der Waals surface area contributed by atoms with Crippen molar-refractivity contribution in [3.63, 3.8) is 0 Å². The van der Waals surface area contributed by atoms with E-state index in [4.69, 9.17) is 0 Å². The Morgan fingerprint density at radius 3 is 2.57 bits per heavy atom. The zero-order valence-corrected chi connectivity index (χ0v) is 6.92. The fourth-order valence-corrected chi connectivity index (χ4v) is 0.676. The molecule has 0 fully saturated rings. The number of rotatable bonds is 4. The summed E-state index contributed by atoms with van der Waals surface area (Å²) in [6.07, 6.45) is 0.0903. The standard InChI is InChI=1S/C7H7F4N3/c8-6(9)7(10,11)4-14-5-3-12-1-2-13-5/h1-3,6H,4H2,(H,13,14). The Kier molecular flexibility index (Phi) is 3.21. The molecule has 0 aliphatic carbocycles. The highest BCUT2D eigenvalue weighted by molar-refractivity contribution is 5.30. The zero-order chi connectivity index (χ0) is 10.6. The summed E-state index contributed by atoms with van der Waals surface area (Å²) in [5, 5.41) is 2.06. The molecule has 0 aliphatic heterocycles. The van der Waals surface area contributed by atoms with Crippen molar-refractivity contribution in [3.05, 3.63) is 18.6 Å². The summed E-state index contributed by atoms with van der Waals surface area (Å²) in [4.78, 5) is 7.16. The van der Waals surface area contributed by atoms with Crippen LogP contribution in [0.2, 0.25) is 0 Å².